The van der Waals surface area contributed by atoms with Crippen LogP contribution in [0.3, 0.4) is 0 Å². The van der Waals surface area contributed by atoms with Gasteiger partial charge in [0.05, 0.1) is 37.4 Å². The second-order valence-corrected chi connectivity index (χ2v) is 7.49. The summed E-state index contributed by atoms with van der Waals surface area (Å²) in [6.07, 6.45) is 1.28. The van der Waals surface area contributed by atoms with Crippen LogP contribution in [0.25, 0.3) is 0 Å². The average Bonchev–Trinajstić information content (AvgIpc) is 2.63. The molecule has 1 saturated heterocycles. The lowest BCUT2D eigenvalue weighted by molar-refractivity contribution is -0.917. The first-order valence-electron chi connectivity index (χ1n) is 5.65. The molecule has 1 aromatic rings. The molecule has 1 fully saturated rings. The van der Waals surface area contributed by atoms with E-state index in [1.54, 1.807) is 15.6 Å². The zero-order chi connectivity index (χ0) is 12.5. The van der Waals surface area contributed by atoms with Crippen molar-refractivity contribution in [3.05, 3.63) is 16.1 Å². The number of rotatable bonds is 3. The molecule has 5 nitrogen and oxygen atoms in total. The van der Waals surface area contributed by atoms with Gasteiger partial charge in [-0.25, -0.2) is 13.4 Å². The molecule has 0 atom stereocenters. The fourth-order valence-corrected chi connectivity index (χ4v) is 3.51. The Morgan fingerprint density at radius 2 is 2.12 bits per heavy atom. The fraction of sp³-hybridized carbons (Fsp3) is 0.700. The Kier molecular flexibility index (Phi) is 3.82. The minimum absolute atomic E-state index is 0.622. The summed E-state index contributed by atoms with van der Waals surface area (Å²) in [5.74, 6) is 0. The van der Waals surface area contributed by atoms with Crippen LogP contribution in [0.4, 0.5) is 0 Å². The predicted molar refractivity (Wildman–Crippen MR) is 67.7 cm³/mol. The lowest BCUT2D eigenvalue weighted by Crippen LogP contribution is -3.13. The van der Waals surface area contributed by atoms with Crippen LogP contribution in [0.5, 0.6) is 0 Å². The number of hydrogen-bond donors (Lipinski definition) is 1. The number of aryl methyl sites for hydroxylation is 1. The second kappa shape index (κ2) is 5.01. The lowest BCUT2D eigenvalue weighted by atomic mass is 10.3. The van der Waals surface area contributed by atoms with E-state index in [9.17, 15) is 8.42 Å². The summed E-state index contributed by atoms with van der Waals surface area (Å²) in [5.41, 5.74) is 1.12. The highest BCUT2D eigenvalue weighted by molar-refractivity contribution is 7.88. The lowest BCUT2D eigenvalue weighted by Gasteiger charge is -2.30. The van der Waals surface area contributed by atoms with Crippen molar-refractivity contribution < 1.29 is 13.3 Å². The van der Waals surface area contributed by atoms with Crippen molar-refractivity contribution in [2.45, 2.75) is 13.5 Å². The summed E-state index contributed by atoms with van der Waals surface area (Å²) in [5, 5.41) is 3.18. The van der Waals surface area contributed by atoms with E-state index in [0.29, 0.717) is 13.1 Å². The molecule has 0 aromatic carbocycles. The van der Waals surface area contributed by atoms with Crippen molar-refractivity contribution in [2.75, 3.05) is 32.4 Å². The number of nitrogens with zero attached hydrogens (tertiary/aromatic N) is 2. The zero-order valence-corrected chi connectivity index (χ0v) is 11.8. The Balaban J connectivity index is 1.87. The first-order chi connectivity index (χ1) is 7.95. The monoisotopic (exact) mass is 276 g/mol. The minimum Gasteiger partial charge on any atom is -0.328 e. The van der Waals surface area contributed by atoms with Crippen molar-refractivity contribution in [2.24, 2.45) is 0 Å². The predicted octanol–water partition coefficient (Wildman–Crippen LogP) is -0.888. The van der Waals surface area contributed by atoms with Crippen LogP contribution in [0, 0.1) is 6.92 Å². The molecule has 0 unspecified atom stereocenters. The van der Waals surface area contributed by atoms with E-state index in [0.717, 1.165) is 30.3 Å². The molecule has 1 aromatic heterocycles. The van der Waals surface area contributed by atoms with Gasteiger partial charge in [-0.05, 0) is 6.92 Å². The third-order valence-corrected chi connectivity index (χ3v) is 5.12. The van der Waals surface area contributed by atoms with Crippen LogP contribution >= 0.6 is 11.3 Å². The van der Waals surface area contributed by atoms with Crippen LogP contribution < -0.4 is 4.90 Å². The highest BCUT2D eigenvalue weighted by atomic mass is 32.2. The number of sulfonamides is 1. The highest BCUT2D eigenvalue weighted by Crippen LogP contribution is 2.06. The van der Waals surface area contributed by atoms with Crippen LogP contribution in [0.1, 0.15) is 10.7 Å². The van der Waals surface area contributed by atoms with E-state index in [1.165, 1.54) is 11.2 Å². The van der Waals surface area contributed by atoms with Gasteiger partial charge in [0.1, 0.15) is 12.2 Å². The summed E-state index contributed by atoms with van der Waals surface area (Å²) in [6.45, 7) is 5.88. The average molecular weight is 276 g/mol. The van der Waals surface area contributed by atoms with E-state index >= 15 is 0 Å². The molecule has 2 rings (SSSR count). The standard InChI is InChI=1S/C10H17N3O2S2/c1-9-11-10(8-16-9)7-12-3-5-13(6-4-12)17(2,14)15/h8H,3-7H2,1-2H3/p+1. The van der Waals surface area contributed by atoms with E-state index in [2.05, 4.69) is 10.4 Å². The summed E-state index contributed by atoms with van der Waals surface area (Å²) in [6, 6.07) is 0. The highest BCUT2D eigenvalue weighted by Gasteiger charge is 2.26. The molecular formula is C10H18N3O2S2+. The molecule has 0 bridgehead atoms. The van der Waals surface area contributed by atoms with Crippen LogP contribution in [-0.2, 0) is 16.6 Å². The van der Waals surface area contributed by atoms with Gasteiger partial charge in [-0.2, -0.15) is 4.31 Å². The van der Waals surface area contributed by atoms with Crippen molar-refractivity contribution in [3.8, 4) is 0 Å². The number of hydrogen-bond acceptors (Lipinski definition) is 4. The maximum Gasteiger partial charge on any atom is 0.211 e. The van der Waals surface area contributed by atoms with Gasteiger partial charge in [-0.15, -0.1) is 11.3 Å². The molecule has 0 saturated carbocycles. The number of aromatic nitrogens is 1. The smallest absolute Gasteiger partial charge is 0.211 e. The Hall–Kier alpha value is -0.500. The Bertz CT molecular complexity index is 475. The molecule has 0 amide bonds. The van der Waals surface area contributed by atoms with Gasteiger partial charge in [0.2, 0.25) is 10.0 Å². The van der Waals surface area contributed by atoms with Crippen molar-refractivity contribution in [1.82, 2.24) is 9.29 Å². The molecule has 2 heterocycles. The Morgan fingerprint density at radius 1 is 1.47 bits per heavy atom. The van der Waals surface area contributed by atoms with E-state index in [1.807, 2.05) is 6.92 Å². The first-order valence-corrected chi connectivity index (χ1v) is 8.37. The van der Waals surface area contributed by atoms with E-state index in [-0.39, 0.29) is 0 Å². The summed E-state index contributed by atoms with van der Waals surface area (Å²) in [7, 11) is -3.01. The minimum atomic E-state index is -3.01. The van der Waals surface area contributed by atoms with Gasteiger partial charge in [0, 0.05) is 5.38 Å². The molecule has 1 N–H and O–H groups in total. The van der Waals surface area contributed by atoms with Gasteiger partial charge < -0.3 is 4.90 Å². The van der Waals surface area contributed by atoms with Crippen molar-refractivity contribution >= 4 is 21.4 Å². The third kappa shape index (κ3) is 3.48. The quantitative estimate of drug-likeness (QED) is 0.779. The molecule has 96 valence electrons. The molecular weight excluding hydrogens is 258 g/mol. The number of piperazine rings is 1. The van der Waals surface area contributed by atoms with Crippen LogP contribution in [0.15, 0.2) is 5.38 Å². The second-order valence-electron chi connectivity index (χ2n) is 4.45. The van der Waals surface area contributed by atoms with Crippen molar-refractivity contribution in [1.29, 1.82) is 0 Å². The van der Waals surface area contributed by atoms with Crippen molar-refractivity contribution in [3.63, 3.8) is 0 Å². The van der Waals surface area contributed by atoms with Gasteiger partial charge in [0.15, 0.2) is 0 Å². The Morgan fingerprint density at radius 3 is 2.59 bits per heavy atom. The van der Waals surface area contributed by atoms with E-state index in [4.69, 9.17) is 0 Å². The molecule has 0 radical (unpaired) electrons. The maximum atomic E-state index is 11.4. The maximum absolute atomic E-state index is 11.4. The van der Waals surface area contributed by atoms with Gasteiger partial charge >= 0.3 is 0 Å². The molecule has 7 heteroatoms. The summed E-state index contributed by atoms with van der Waals surface area (Å²) < 4.78 is 24.3. The van der Waals surface area contributed by atoms with Gasteiger partial charge in [-0.1, -0.05) is 0 Å². The number of nitrogens with one attached hydrogen (secondary N) is 1. The zero-order valence-electron chi connectivity index (χ0n) is 10.1. The molecule has 0 spiro atoms. The van der Waals surface area contributed by atoms with Crippen LogP contribution in [-0.4, -0.2) is 50.1 Å². The first kappa shape index (κ1) is 12.9. The number of quaternary nitrogens is 1. The molecule has 1 aliphatic heterocycles. The normalized spacial score (nSPS) is 19.6. The third-order valence-electron chi connectivity index (χ3n) is 3.00. The molecule has 17 heavy (non-hydrogen) atoms. The molecule has 1 aliphatic rings. The fourth-order valence-electron chi connectivity index (χ4n) is 2.06. The van der Waals surface area contributed by atoms with E-state index < -0.39 is 10.0 Å². The number of thiazole rings is 1. The molecule has 0 aliphatic carbocycles. The van der Waals surface area contributed by atoms with Crippen LogP contribution in [0.2, 0.25) is 0 Å². The van der Waals surface area contributed by atoms with Gasteiger partial charge in [0.25, 0.3) is 0 Å². The SMILES string of the molecule is Cc1nc(C[NH+]2CCN(S(C)(=O)=O)CC2)cs1. The van der Waals surface area contributed by atoms with Gasteiger partial charge in [-0.3, -0.25) is 0 Å². The summed E-state index contributed by atoms with van der Waals surface area (Å²) in [4.78, 5) is 5.85. The Labute approximate surface area is 106 Å². The summed E-state index contributed by atoms with van der Waals surface area (Å²) >= 11 is 1.67. The topological polar surface area (TPSA) is 54.7 Å². The largest absolute Gasteiger partial charge is 0.328 e.